The van der Waals surface area contributed by atoms with E-state index in [9.17, 15) is 18.0 Å². The molecule has 1 saturated carbocycles. The summed E-state index contributed by atoms with van der Waals surface area (Å²) in [6.07, 6.45) is 5.11. The topological polar surface area (TPSA) is 109 Å². The normalized spacial score (nSPS) is 17.6. The van der Waals surface area contributed by atoms with Gasteiger partial charge in [-0.05, 0) is 81.7 Å². The minimum atomic E-state index is -3.66. The number of carbonyl (C=O) groups excluding carboxylic acids is 2. The third-order valence-electron chi connectivity index (χ3n) is 7.98. The van der Waals surface area contributed by atoms with Gasteiger partial charge in [-0.1, -0.05) is 73.7 Å². The van der Waals surface area contributed by atoms with Gasteiger partial charge in [-0.3, -0.25) is 9.10 Å². The number of hydrogen-bond acceptors (Lipinski definition) is 7. The van der Waals surface area contributed by atoms with Crippen molar-refractivity contribution in [3.05, 3.63) is 102 Å². The molecule has 10 heteroatoms. The van der Waals surface area contributed by atoms with Crippen LogP contribution in [0.1, 0.15) is 62.5 Å². The van der Waals surface area contributed by atoms with Gasteiger partial charge in [-0.2, -0.15) is 0 Å². The number of allylic oxidation sites excluding steroid dienone is 1. The predicted octanol–water partition coefficient (Wildman–Crippen LogP) is 6.41. The molecule has 3 aromatic rings. The first-order valence-electron chi connectivity index (χ1n) is 15.5. The molecule has 1 N–H and O–H groups in total. The van der Waals surface area contributed by atoms with E-state index in [0.29, 0.717) is 30.6 Å². The number of ketones is 1. The smallest absolute Gasteiger partial charge is 0.408 e. The molecule has 0 bridgehead atoms. The maximum Gasteiger partial charge on any atom is 0.408 e. The number of benzene rings is 2. The Morgan fingerprint density at radius 1 is 0.978 bits per heavy atom. The first-order chi connectivity index (χ1) is 21.5. The van der Waals surface area contributed by atoms with Crippen LogP contribution in [0.2, 0.25) is 0 Å². The molecular weight excluding hydrogens is 600 g/mol. The molecule has 2 aromatic carbocycles. The minimum Gasteiger partial charge on any atom is -0.444 e. The predicted molar refractivity (Wildman–Crippen MR) is 184 cm³/mol. The van der Waals surface area contributed by atoms with Crippen LogP contribution >= 0.6 is 0 Å². The van der Waals surface area contributed by atoms with Crippen LogP contribution in [0.5, 0.6) is 0 Å². The number of pyridine rings is 1. The number of nitrogens with zero attached hydrogens (tertiary/aromatic N) is 3. The van der Waals surface area contributed by atoms with Crippen LogP contribution in [0, 0.1) is 11.8 Å². The summed E-state index contributed by atoms with van der Waals surface area (Å²) in [5.41, 5.74) is 0.664. The van der Waals surface area contributed by atoms with Crippen LogP contribution in [0.25, 0.3) is 0 Å². The third-order valence-corrected chi connectivity index (χ3v) is 9.16. The van der Waals surface area contributed by atoms with E-state index in [0.717, 1.165) is 34.7 Å². The van der Waals surface area contributed by atoms with Crippen LogP contribution in [0.15, 0.2) is 84.9 Å². The van der Waals surface area contributed by atoms with Gasteiger partial charge in [0, 0.05) is 25.7 Å². The van der Waals surface area contributed by atoms with Crippen molar-refractivity contribution in [2.24, 2.45) is 11.8 Å². The molecule has 246 valence electrons. The van der Waals surface area contributed by atoms with Crippen LogP contribution in [0.3, 0.4) is 0 Å². The number of amides is 1. The zero-order chi connectivity index (χ0) is 33.7. The standard InChI is InChI=1S/C36H46N4O5S/c1-26-20-30(26)25-40(24-28-16-12-9-13-17-28)33-22-29(21-32(37-33)39(6)46(7,43)44)31(41)18-19-36(5,23-27-14-10-8-11-15-27)38-34(42)45-35(2,3)4/h8-19,21-22,26,30H,20,23-25H2,1-7H3,(H,38,42)/t26?,30?,36-/m0/s1. The lowest BCUT2D eigenvalue weighted by Gasteiger charge is -2.30. The van der Waals surface area contributed by atoms with Gasteiger partial charge >= 0.3 is 6.09 Å². The number of hydrogen-bond donors (Lipinski definition) is 1. The Labute approximate surface area is 273 Å². The van der Waals surface area contributed by atoms with E-state index in [1.54, 1.807) is 32.9 Å². The summed E-state index contributed by atoms with van der Waals surface area (Å²) < 4.78 is 31.8. The summed E-state index contributed by atoms with van der Waals surface area (Å²) in [6, 6.07) is 22.9. The average Bonchev–Trinajstić information content (AvgIpc) is 3.68. The highest BCUT2D eigenvalue weighted by atomic mass is 32.2. The van der Waals surface area contributed by atoms with E-state index in [1.807, 2.05) is 67.6 Å². The molecule has 1 aliphatic rings. The first kappa shape index (κ1) is 34.7. The molecule has 1 amide bonds. The number of aromatic nitrogens is 1. The molecular formula is C36H46N4O5S. The van der Waals surface area contributed by atoms with E-state index in [1.165, 1.54) is 19.2 Å². The monoisotopic (exact) mass is 646 g/mol. The number of sulfonamides is 1. The maximum atomic E-state index is 13.9. The zero-order valence-corrected chi connectivity index (χ0v) is 28.7. The molecule has 0 aliphatic heterocycles. The summed E-state index contributed by atoms with van der Waals surface area (Å²) in [5, 5.41) is 2.94. The van der Waals surface area contributed by atoms with Gasteiger partial charge in [0.2, 0.25) is 10.0 Å². The fourth-order valence-electron chi connectivity index (χ4n) is 5.17. The Kier molecular flexibility index (Phi) is 10.6. The Morgan fingerprint density at radius 2 is 1.54 bits per heavy atom. The average molecular weight is 647 g/mol. The molecule has 1 aromatic heterocycles. The Balaban J connectivity index is 1.71. The van der Waals surface area contributed by atoms with Gasteiger partial charge in [0.1, 0.15) is 17.2 Å². The molecule has 0 saturated heterocycles. The largest absolute Gasteiger partial charge is 0.444 e. The van der Waals surface area contributed by atoms with Crippen LogP contribution in [-0.4, -0.2) is 56.3 Å². The molecule has 46 heavy (non-hydrogen) atoms. The minimum absolute atomic E-state index is 0.151. The van der Waals surface area contributed by atoms with E-state index in [4.69, 9.17) is 9.72 Å². The Bertz CT molecular complexity index is 1650. The van der Waals surface area contributed by atoms with Gasteiger partial charge in [0.05, 0.1) is 11.8 Å². The van der Waals surface area contributed by atoms with Crippen molar-refractivity contribution in [2.45, 2.75) is 65.1 Å². The molecule has 0 radical (unpaired) electrons. The summed E-state index contributed by atoms with van der Waals surface area (Å²) in [7, 11) is -2.23. The van der Waals surface area contributed by atoms with Gasteiger partial charge in [0.25, 0.3) is 0 Å². The molecule has 9 nitrogen and oxygen atoms in total. The highest BCUT2D eigenvalue weighted by molar-refractivity contribution is 7.92. The van der Waals surface area contributed by atoms with Gasteiger partial charge < -0.3 is 15.0 Å². The van der Waals surface area contributed by atoms with E-state index < -0.39 is 27.3 Å². The fourth-order valence-corrected chi connectivity index (χ4v) is 5.61. The number of rotatable bonds is 13. The highest BCUT2D eigenvalue weighted by Crippen LogP contribution is 2.39. The molecule has 4 rings (SSSR count). The van der Waals surface area contributed by atoms with Crippen molar-refractivity contribution in [1.29, 1.82) is 0 Å². The summed E-state index contributed by atoms with van der Waals surface area (Å²) in [4.78, 5) is 33.6. The maximum absolute atomic E-state index is 13.9. The van der Waals surface area contributed by atoms with E-state index in [2.05, 4.69) is 17.1 Å². The summed E-state index contributed by atoms with van der Waals surface area (Å²) in [6.45, 7) is 10.7. The lowest BCUT2D eigenvalue weighted by molar-refractivity contribution is 0.0483. The van der Waals surface area contributed by atoms with Crippen molar-refractivity contribution in [2.75, 3.05) is 29.1 Å². The lowest BCUT2D eigenvalue weighted by Crippen LogP contribution is -2.48. The van der Waals surface area contributed by atoms with Crippen LogP contribution in [0.4, 0.5) is 16.4 Å². The Hall–Kier alpha value is -4.18. The molecule has 3 atom stereocenters. The molecule has 2 unspecified atom stereocenters. The molecule has 0 spiro atoms. The van der Waals surface area contributed by atoms with Gasteiger partial charge in [-0.15, -0.1) is 0 Å². The second-order valence-electron chi connectivity index (χ2n) is 13.5. The van der Waals surface area contributed by atoms with E-state index in [-0.39, 0.29) is 17.2 Å². The number of anilines is 2. The first-order valence-corrected chi connectivity index (χ1v) is 17.4. The number of alkyl carbamates (subject to hydrolysis) is 1. The van der Waals surface area contributed by atoms with Crippen molar-refractivity contribution >= 4 is 33.5 Å². The molecule has 1 fully saturated rings. The van der Waals surface area contributed by atoms with Crippen LogP contribution in [-0.2, 0) is 27.7 Å². The van der Waals surface area contributed by atoms with Crippen molar-refractivity contribution in [1.82, 2.24) is 10.3 Å². The third kappa shape index (κ3) is 10.2. The lowest BCUT2D eigenvalue weighted by atomic mass is 9.91. The van der Waals surface area contributed by atoms with Gasteiger partial charge in [0.15, 0.2) is 5.78 Å². The number of nitrogens with one attached hydrogen (secondary N) is 1. The molecule has 1 aliphatic carbocycles. The zero-order valence-electron chi connectivity index (χ0n) is 27.9. The quantitative estimate of drug-likeness (QED) is 0.169. The number of ether oxygens (including phenoxy) is 1. The van der Waals surface area contributed by atoms with Crippen LogP contribution < -0.4 is 14.5 Å². The molecule has 1 heterocycles. The SMILES string of the molecule is CC1CC1CN(Cc1ccccc1)c1cc(C(=O)C=C[C@@](C)(Cc2ccccc2)NC(=O)OC(C)(C)C)cc(N(C)S(C)(=O)=O)n1. The second kappa shape index (κ2) is 14.1. The Morgan fingerprint density at radius 3 is 2.09 bits per heavy atom. The van der Waals surface area contributed by atoms with Crippen molar-refractivity contribution in [3.8, 4) is 0 Å². The van der Waals surface area contributed by atoms with Crippen molar-refractivity contribution in [3.63, 3.8) is 0 Å². The van der Waals surface area contributed by atoms with Crippen molar-refractivity contribution < 1.29 is 22.7 Å². The second-order valence-corrected chi connectivity index (χ2v) is 15.6. The fraction of sp³-hybridized carbons (Fsp3) is 0.417. The highest BCUT2D eigenvalue weighted by Gasteiger charge is 2.35. The number of carbonyl (C=O) groups is 2. The van der Waals surface area contributed by atoms with Gasteiger partial charge in [-0.25, -0.2) is 18.2 Å². The summed E-state index contributed by atoms with van der Waals surface area (Å²) >= 11 is 0. The summed E-state index contributed by atoms with van der Waals surface area (Å²) in [5.74, 6) is 1.39. The van der Waals surface area contributed by atoms with E-state index >= 15 is 0 Å².